The molecule has 0 aliphatic heterocycles. The van der Waals surface area contributed by atoms with Crippen molar-refractivity contribution in [2.75, 3.05) is 13.1 Å². The summed E-state index contributed by atoms with van der Waals surface area (Å²) in [5.74, 6) is 0.491. The lowest BCUT2D eigenvalue weighted by Crippen LogP contribution is -2.39. The zero-order chi connectivity index (χ0) is 21.5. The van der Waals surface area contributed by atoms with Crippen LogP contribution in [0.4, 0.5) is 0 Å². The van der Waals surface area contributed by atoms with E-state index in [2.05, 4.69) is 22.2 Å². The molecule has 0 bridgehead atoms. The molecule has 30 heavy (non-hydrogen) atoms. The predicted molar refractivity (Wildman–Crippen MR) is 121 cm³/mol. The molecule has 0 radical (unpaired) electrons. The first kappa shape index (κ1) is 22.0. The highest BCUT2D eigenvalue weighted by molar-refractivity contribution is 6.30. The van der Waals surface area contributed by atoms with Crippen LogP contribution in [0.2, 0.25) is 5.02 Å². The van der Waals surface area contributed by atoms with Gasteiger partial charge in [0.15, 0.2) is 0 Å². The van der Waals surface area contributed by atoms with E-state index in [0.29, 0.717) is 28.3 Å². The Labute approximate surface area is 181 Å². The molecule has 1 aromatic heterocycles. The van der Waals surface area contributed by atoms with E-state index in [0.717, 1.165) is 24.9 Å². The highest BCUT2D eigenvalue weighted by Gasteiger charge is 2.16. The van der Waals surface area contributed by atoms with Crippen LogP contribution in [0.25, 0.3) is 10.9 Å². The molecule has 1 amide bonds. The van der Waals surface area contributed by atoms with Crippen LogP contribution in [-0.4, -0.2) is 33.9 Å². The van der Waals surface area contributed by atoms with Crippen molar-refractivity contribution < 1.29 is 4.79 Å². The summed E-state index contributed by atoms with van der Waals surface area (Å²) in [5, 5.41) is 4.27. The molecule has 0 aliphatic rings. The number of hydrogen-bond acceptors (Lipinski definition) is 4. The largest absolute Gasteiger partial charge is 0.348 e. The second-order valence-electron chi connectivity index (χ2n) is 7.43. The van der Waals surface area contributed by atoms with Crippen LogP contribution in [0.5, 0.6) is 0 Å². The van der Waals surface area contributed by atoms with Crippen LogP contribution in [0.3, 0.4) is 0 Å². The SMILES string of the molecule is CCCCN(CC(=O)N[C@@H](C)c1ccc(Cl)cc1)Cc1nc2ccccc2c(=O)[nH]1. The molecule has 6 nitrogen and oxygen atoms in total. The van der Waals surface area contributed by atoms with Gasteiger partial charge in [-0.25, -0.2) is 4.98 Å². The lowest BCUT2D eigenvalue weighted by molar-refractivity contribution is -0.123. The number of fused-ring (bicyclic) bond motifs is 1. The number of aromatic amines is 1. The predicted octanol–water partition coefficient (Wildman–Crippen LogP) is 4.06. The van der Waals surface area contributed by atoms with E-state index in [1.54, 1.807) is 6.07 Å². The summed E-state index contributed by atoms with van der Waals surface area (Å²) in [6.07, 6.45) is 1.97. The summed E-state index contributed by atoms with van der Waals surface area (Å²) < 4.78 is 0. The number of rotatable bonds is 9. The number of amides is 1. The molecule has 3 aromatic rings. The molecule has 0 saturated carbocycles. The standard InChI is InChI=1S/C23H27ClN4O2/c1-3-4-13-28(14-21-26-20-8-6-5-7-19(20)23(30)27-21)15-22(29)25-16(2)17-9-11-18(24)12-10-17/h5-12,16H,3-4,13-15H2,1-2H3,(H,25,29)(H,26,27,30)/t16-/m0/s1. The van der Waals surface area contributed by atoms with Gasteiger partial charge in [-0.3, -0.25) is 14.5 Å². The fourth-order valence-corrected chi connectivity index (χ4v) is 3.47. The maximum atomic E-state index is 12.7. The number of nitrogens with zero attached hydrogens (tertiary/aromatic N) is 2. The molecular weight excluding hydrogens is 400 g/mol. The van der Waals surface area contributed by atoms with Gasteiger partial charge in [0.1, 0.15) is 5.82 Å². The highest BCUT2D eigenvalue weighted by atomic mass is 35.5. The second-order valence-corrected chi connectivity index (χ2v) is 7.87. The lowest BCUT2D eigenvalue weighted by Gasteiger charge is -2.22. The Kier molecular flexibility index (Phi) is 7.60. The average molecular weight is 427 g/mol. The third-order valence-electron chi connectivity index (χ3n) is 4.98. The van der Waals surface area contributed by atoms with Gasteiger partial charge >= 0.3 is 0 Å². The van der Waals surface area contributed by atoms with Crippen LogP contribution in [-0.2, 0) is 11.3 Å². The molecule has 0 fully saturated rings. The van der Waals surface area contributed by atoms with Gasteiger partial charge in [-0.2, -0.15) is 0 Å². The first-order valence-corrected chi connectivity index (χ1v) is 10.6. The third kappa shape index (κ3) is 5.90. The number of benzene rings is 2. The van der Waals surface area contributed by atoms with Gasteiger partial charge in [-0.05, 0) is 49.7 Å². The number of aromatic nitrogens is 2. The Bertz CT molecular complexity index is 1050. The molecule has 7 heteroatoms. The highest BCUT2D eigenvalue weighted by Crippen LogP contribution is 2.16. The summed E-state index contributed by atoms with van der Waals surface area (Å²) in [4.78, 5) is 34.4. The average Bonchev–Trinajstić information content (AvgIpc) is 2.72. The van der Waals surface area contributed by atoms with Crippen LogP contribution in [0.1, 0.15) is 44.1 Å². The smallest absolute Gasteiger partial charge is 0.258 e. The molecule has 0 aliphatic carbocycles. The van der Waals surface area contributed by atoms with Gasteiger partial charge in [0.05, 0.1) is 30.0 Å². The van der Waals surface area contributed by atoms with Crippen LogP contribution in [0.15, 0.2) is 53.3 Å². The van der Waals surface area contributed by atoms with Crippen LogP contribution < -0.4 is 10.9 Å². The maximum absolute atomic E-state index is 12.7. The Morgan fingerprint density at radius 3 is 2.67 bits per heavy atom. The first-order chi connectivity index (χ1) is 14.5. The number of halogens is 1. The molecule has 1 heterocycles. The summed E-state index contributed by atoms with van der Waals surface area (Å²) >= 11 is 5.94. The van der Waals surface area contributed by atoms with Crippen LogP contribution in [0, 0.1) is 0 Å². The molecule has 0 unspecified atom stereocenters. The minimum absolute atomic E-state index is 0.0725. The van der Waals surface area contributed by atoms with E-state index in [-0.39, 0.29) is 24.1 Å². The van der Waals surface area contributed by atoms with Crippen molar-refractivity contribution in [1.29, 1.82) is 0 Å². The van der Waals surface area contributed by atoms with Crippen molar-refractivity contribution in [1.82, 2.24) is 20.2 Å². The third-order valence-corrected chi connectivity index (χ3v) is 5.23. The van der Waals surface area contributed by atoms with E-state index >= 15 is 0 Å². The summed E-state index contributed by atoms with van der Waals surface area (Å²) in [5.41, 5.74) is 1.49. The summed E-state index contributed by atoms with van der Waals surface area (Å²) in [7, 11) is 0. The van der Waals surface area contributed by atoms with E-state index in [4.69, 9.17) is 11.6 Å². The molecule has 1 atom stereocenters. The van der Waals surface area contributed by atoms with Crippen molar-refractivity contribution in [3.8, 4) is 0 Å². The van der Waals surface area contributed by atoms with Crippen molar-refractivity contribution in [3.05, 3.63) is 75.3 Å². The lowest BCUT2D eigenvalue weighted by atomic mass is 10.1. The summed E-state index contributed by atoms with van der Waals surface area (Å²) in [6.45, 7) is 5.43. The number of H-pyrrole nitrogens is 1. The van der Waals surface area contributed by atoms with Gasteiger partial charge < -0.3 is 10.3 Å². The second kappa shape index (κ2) is 10.4. The van der Waals surface area contributed by atoms with Crippen molar-refractivity contribution in [2.45, 2.75) is 39.3 Å². The van der Waals surface area contributed by atoms with Gasteiger partial charge in [0, 0.05) is 5.02 Å². The quantitative estimate of drug-likeness (QED) is 0.541. The van der Waals surface area contributed by atoms with Gasteiger partial charge in [-0.15, -0.1) is 0 Å². The Hall–Kier alpha value is -2.70. The minimum atomic E-state index is -0.160. The van der Waals surface area contributed by atoms with Crippen LogP contribution >= 0.6 is 11.6 Å². The number of carbonyl (C=O) groups is 1. The van der Waals surface area contributed by atoms with Gasteiger partial charge in [-0.1, -0.05) is 49.2 Å². The monoisotopic (exact) mass is 426 g/mol. The Morgan fingerprint density at radius 2 is 1.93 bits per heavy atom. The minimum Gasteiger partial charge on any atom is -0.348 e. The fourth-order valence-electron chi connectivity index (χ4n) is 3.34. The van der Waals surface area contributed by atoms with E-state index in [1.807, 2.05) is 54.3 Å². The molecule has 2 aromatic carbocycles. The van der Waals surface area contributed by atoms with Crippen molar-refractivity contribution in [2.24, 2.45) is 0 Å². The number of carbonyl (C=O) groups excluding carboxylic acids is 1. The molecule has 3 rings (SSSR count). The number of para-hydroxylation sites is 1. The first-order valence-electron chi connectivity index (χ1n) is 10.2. The topological polar surface area (TPSA) is 78.1 Å². The number of hydrogen-bond donors (Lipinski definition) is 2. The molecule has 158 valence electrons. The molecule has 0 saturated heterocycles. The van der Waals surface area contributed by atoms with Crippen molar-refractivity contribution >= 4 is 28.4 Å². The maximum Gasteiger partial charge on any atom is 0.258 e. The van der Waals surface area contributed by atoms with E-state index in [9.17, 15) is 9.59 Å². The number of nitrogens with one attached hydrogen (secondary N) is 2. The Balaban J connectivity index is 1.68. The number of unbranched alkanes of at least 4 members (excludes halogenated alkanes) is 1. The van der Waals surface area contributed by atoms with Crippen molar-refractivity contribution in [3.63, 3.8) is 0 Å². The molecular formula is C23H27ClN4O2. The molecule has 2 N–H and O–H groups in total. The zero-order valence-electron chi connectivity index (χ0n) is 17.3. The Morgan fingerprint density at radius 1 is 1.20 bits per heavy atom. The normalized spacial score (nSPS) is 12.3. The van der Waals surface area contributed by atoms with E-state index in [1.165, 1.54) is 0 Å². The molecule has 0 spiro atoms. The van der Waals surface area contributed by atoms with Gasteiger partial charge in [0.2, 0.25) is 5.91 Å². The zero-order valence-corrected chi connectivity index (χ0v) is 18.1. The van der Waals surface area contributed by atoms with Gasteiger partial charge in [0.25, 0.3) is 5.56 Å². The fraction of sp³-hybridized carbons (Fsp3) is 0.348. The summed E-state index contributed by atoms with van der Waals surface area (Å²) in [6, 6.07) is 14.6. The van der Waals surface area contributed by atoms with E-state index < -0.39 is 0 Å².